The average Bonchev–Trinajstić information content (AvgIpc) is 3.20. The third kappa shape index (κ3) is 2.93. The number of rotatable bonds is 5. The topological polar surface area (TPSA) is 90.8 Å². The molecule has 0 aromatic carbocycles. The lowest BCUT2D eigenvalue weighted by Crippen LogP contribution is -2.48. The van der Waals surface area contributed by atoms with E-state index in [-0.39, 0.29) is 0 Å². The molecule has 0 spiro atoms. The van der Waals surface area contributed by atoms with Crippen molar-refractivity contribution in [1.82, 2.24) is 20.2 Å². The van der Waals surface area contributed by atoms with Gasteiger partial charge >= 0.3 is 6.09 Å². The van der Waals surface area contributed by atoms with E-state index in [0.29, 0.717) is 24.5 Å². The summed E-state index contributed by atoms with van der Waals surface area (Å²) >= 11 is 0. The lowest BCUT2D eigenvalue weighted by Gasteiger charge is -2.35. The van der Waals surface area contributed by atoms with Crippen LogP contribution in [0.2, 0.25) is 0 Å². The fraction of sp³-hybridized carbons (Fsp3) is 0.471. The maximum atomic E-state index is 10.6. The van der Waals surface area contributed by atoms with Crippen molar-refractivity contribution < 1.29 is 14.6 Å². The lowest BCUT2D eigenvalue weighted by atomic mass is 10.2. The highest BCUT2D eigenvalue weighted by Gasteiger charge is 2.43. The van der Waals surface area contributed by atoms with Crippen LogP contribution in [0.1, 0.15) is 6.42 Å². The monoisotopic (exact) mass is 343 g/mol. The Morgan fingerprint density at radius 3 is 2.96 bits per heavy atom. The molecule has 8 heteroatoms. The zero-order chi connectivity index (χ0) is 17.4. The number of aromatic nitrogens is 2. The maximum Gasteiger partial charge on any atom is 0.404 e. The summed E-state index contributed by atoms with van der Waals surface area (Å²) in [6.45, 7) is 3.09. The Morgan fingerprint density at radius 2 is 2.24 bits per heavy atom. The van der Waals surface area contributed by atoms with Gasteiger partial charge in [0.05, 0.1) is 18.3 Å². The second-order valence-corrected chi connectivity index (χ2v) is 6.47. The minimum Gasteiger partial charge on any atom is -0.481 e. The number of methoxy groups -OCH3 is 1. The Labute approximate surface area is 145 Å². The highest BCUT2D eigenvalue weighted by molar-refractivity contribution is 5.88. The Balaban J connectivity index is 1.52. The highest BCUT2D eigenvalue weighted by Crippen LogP contribution is 2.37. The first-order chi connectivity index (χ1) is 12.2. The molecule has 0 aliphatic carbocycles. The first-order valence-corrected chi connectivity index (χ1v) is 8.43. The molecule has 25 heavy (non-hydrogen) atoms. The molecule has 0 radical (unpaired) electrons. The molecule has 8 nitrogen and oxygen atoms in total. The molecule has 0 unspecified atom stereocenters. The molecule has 2 atom stereocenters. The van der Waals surface area contributed by atoms with Gasteiger partial charge in [-0.1, -0.05) is 0 Å². The number of nitrogens with zero attached hydrogens (tertiary/aromatic N) is 4. The number of hydrogen-bond acceptors (Lipinski definition) is 6. The SMILES string of the molecule is COc1ccc2nccc(N3C[C@@H]4C[C@H]3CN4CCNC(=O)O)c2n1. The van der Waals surface area contributed by atoms with Crippen LogP contribution in [0.15, 0.2) is 24.4 Å². The number of hydrogen-bond donors (Lipinski definition) is 2. The van der Waals surface area contributed by atoms with E-state index in [0.717, 1.165) is 42.8 Å². The van der Waals surface area contributed by atoms with Crippen LogP contribution in [0.25, 0.3) is 11.0 Å². The van der Waals surface area contributed by atoms with Crippen LogP contribution < -0.4 is 15.0 Å². The van der Waals surface area contributed by atoms with Gasteiger partial charge in [0.15, 0.2) is 0 Å². The number of pyridine rings is 2. The van der Waals surface area contributed by atoms with Crippen molar-refractivity contribution in [2.24, 2.45) is 0 Å². The first kappa shape index (κ1) is 15.9. The van der Waals surface area contributed by atoms with Crippen LogP contribution in [0.3, 0.4) is 0 Å². The summed E-state index contributed by atoms with van der Waals surface area (Å²) in [4.78, 5) is 24.4. The number of piperazine rings is 1. The van der Waals surface area contributed by atoms with Crippen LogP contribution in [0.4, 0.5) is 10.5 Å². The Hall–Kier alpha value is -2.61. The molecular weight excluding hydrogens is 322 g/mol. The van der Waals surface area contributed by atoms with Crippen molar-refractivity contribution in [3.8, 4) is 5.88 Å². The standard InChI is InChI=1S/C17H21N5O3/c1-25-15-3-2-13-16(20-15)14(4-5-18-13)22-10-11-8-12(22)9-21(11)7-6-19-17(23)24/h2-5,11-12,19H,6-10H2,1H3,(H,23,24)/t11-,12-/m0/s1. The maximum absolute atomic E-state index is 10.6. The van der Waals surface area contributed by atoms with Gasteiger partial charge < -0.3 is 20.1 Å². The number of fused-ring (bicyclic) bond motifs is 3. The van der Waals surface area contributed by atoms with E-state index in [2.05, 4.69) is 25.1 Å². The number of likely N-dealkylation sites (tertiary alicyclic amines) is 1. The van der Waals surface area contributed by atoms with Gasteiger partial charge in [-0.15, -0.1) is 0 Å². The Morgan fingerprint density at radius 1 is 1.36 bits per heavy atom. The van der Waals surface area contributed by atoms with Crippen LogP contribution in [-0.2, 0) is 0 Å². The number of anilines is 1. The molecule has 2 N–H and O–H groups in total. The fourth-order valence-electron chi connectivity index (χ4n) is 3.96. The molecule has 2 aliphatic rings. The van der Waals surface area contributed by atoms with Gasteiger partial charge in [-0.2, -0.15) is 0 Å². The van der Waals surface area contributed by atoms with Crippen molar-refractivity contribution in [2.45, 2.75) is 18.5 Å². The van der Waals surface area contributed by atoms with Crippen LogP contribution >= 0.6 is 0 Å². The largest absolute Gasteiger partial charge is 0.481 e. The number of carbonyl (C=O) groups is 1. The van der Waals surface area contributed by atoms with Gasteiger partial charge in [0, 0.05) is 50.5 Å². The van der Waals surface area contributed by atoms with Crippen molar-refractivity contribution in [3.05, 3.63) is 24.4 Å². The third-order valence-electron chi connectivity index (χ3n) is 5.08. The molecule has 2 aromatic heterocycles. The van der Waals surface area contributed by atoms with E-state index >= 15 is 0 Å². The molecule has 2 aliphatic heterocycles. The lowest BCUT2D eigenvalue weighted by molar-refractivity contribution is 0.188. The number of amides is 1. The van der Waals surface area contributed by atoms with Gasteiger partial charge in [-0.05, 0) is 18.6 Å². The van der Waals surface area contributed by atoms with Crippen molar-refractivity contribution in [2.75, 3.05) is 38.2 Å². The van der Waals surface area contributed by atoms with Crippen molar-refractivity contribution in [3.63, 3.8) is 0 Å². The predicted molar refractivity (Wildman–Crippen MR) is 93.2 cm³/mol. The average molecular weight is 343 g/mol. The number of nitrogens with one attached hydrogen (secondary N) is 1. The third-order valence-corrected chi connectivity index (χ3v) is 5.08. The van der Waals surface area contributed by atoms with E-state index in [1.807, 2.05) is 24.4 Å². The normalized spacial score (nSPS) is 22.5. The minimum absolute atomic E-state index is 0.424. The van der Waals surface area contributed by atoms with Gasteiger partial charge in [0.2, 0.25) is 5.88 Å². The van der Waals surface area contributed by atoms with Crippen molar-refractivity contribution >= 4 is 22.8 Å². The van der Waals surface area contributed by atoms with Crippen LogP contribution in [0, 0.1) is 0 Å². The first-order valence-electron chi connectivity index (χ1n) is 8.43. The summed E-state index contributed by atoms with van der Waals surface area (Å²) in [5, 5.41) is 11.1. The summed E-state index contributed by atoms with van der Waals surface area (Å²) in [5.74, 6) is 0.590. The molecule has 2 saturated heterocycles. The summed E-state index contributed by atoms with van der Waals surface area (Å²) in [5.41, 5.74) is 2.83. The quantitative estimate of drug-likeness (QED) is 0.842. The second-order valence-electron chi connectivity index (χ2n) is 6.47. The van der Waals surface area contributed by atoms with Gasteiger partial charge in [0.1, 0.15) is 5.52 Å². The zero-order valence-electron chi connectivity index (χ0n) is 14.1. The number of ether oxygens (including phenoxy) is 1. The summed E-state index contributed by atoms with van der Waals surface area (Å²) < 4.78 is 5.26. The fourth-order valence-corrected chi connectivity index (χ4v) is 3.96. The van der Waals surface area contributed by atoms with Crippen LogP contribution in [0.5, 0.6) is 5.88 Å². The molecule has 2 fully saturated rings. The molecule has 132 valence electrons. The Kier molecular flexibility index (Phi) is 4.04. The van der Waals surface area contributed by atoms with Gasteiger partial charge in [-0.3, -0.25) is 9.88 Å². The molecule has 2 bridgehead atoms. The Bertz CT molecular complexity index is 799. The molecule has 4 rings (SSSR count). The molecule has 4 heterocycles. The van der Waals surface area contributed by atoms with Gasteiger partial charge in [0.25, 0.3) is 0 Å². The van der Waals surface area contributed by atoms with Gasteiger partial charge in [-0.25, -0.2) is 9.78 Å². The van der Waals surface area contributed by atoms with E-state index in [4.69, 9.17) is 9.84 Å². The number of carboxylic acid groups (broad SMARTS) is 1. The summed E-state index contributed by atoms with van der Waals surface area (Å²) in [7, 11) is 1.62. The predicted octanol–water partition coefficient (Wildman–Crippen LogP) is 1.17. The highest BCUT2D eigenvalue weighted by atomic mass is 16.5. The van der Waals surface area contributed by atoms with Crippen LogP contribution in [-0.4, -0.2) is 71.4 Å². The minimum atomic E-state index is -0.964. The zero-order valence-corrected chi connectivity index (χ0v) is 14.1. The molecule has 0 saturated carbocycles. The van der Waals surface area contributed by atoms with E-state index in [1.54, 1.807) is 7.11 Å². The molecule has 2 aromatic rings. The van der Waals surface area contributed by atoms with E-state index < -0.39 is 6.09 Å². The molecular formula is C17H21N5O3. The van der Waals surface area contributed by atoms with E-state index in [9.17, 15) is 4.79 Å². The molecule has 1 amide bonds. The summed E-state index contributed by atoms with van der Waals surface area (Å²) in [6, 6.07) is 6.66. The smallest absolute Gasteiger partial charge is 0.404 e. The summed E-state index contributed by atoms with van der Waals surface area (Å²) in [6.07, 6.45) is 1.96. The van der Waals surface area contributed by atoms with Crippen molar-refractivity contribution in [1.29, 1.82) is 0 Å². The second kappa shape index (κ2) is 6.36. The van der Waals surface area contributed by atoms with E-state index in [1.165, 1.54) is 0 Å².